The van der Waals surface area contributed by atoms with Gasteiger partial charge >= 0.3 is 0 Å². The Bertz CT molecular complexity index is 739. The summed E-state index contributed by atoms with van der Waals surface area (Å²) < 4.78 is 16.7. The second-order valence-electron chi connectivity index (χ2n) is 6.41. The Hall–Kier alpha value is -2.64. The van der Waals surface area contributed by atoms with E-state index in [0.717, 1.165) is 5.56 Å². The molecule has 0 heterocycles. The van der Waals surface area contributed by atoms with Crippen molar-refractivity contribution in [1.29, 1.82) is 0 Å². The Labute approximate surface area is 160 Å². The first kappa shape index (κ1) is 20.7. The molecule has 7 nitrogen and oxygen atoms in total. The minimum Gasteiger partial charge on any atom is -0.493 e. The number of hydrogen-bond acceptors (Lipinski definition) is 7. The number of anilines is 2. The maximum atomic E-state index is 10.1. The summed E-state index contributed by atoms with van der Waals surface area (Å²) in [5.74, 6) is 1.85. The highest BCUT2D eigenvalue weighted by molar-refractivity contribution is 5.73. The molecule has 148 valence electrons. The zero-order valence-electron chi connectivity index (χ0n) is 16.1. The van der Waals surface area contributed by atoms with E-state index in [9.17, 15) is 5.11 Å². The van der Waals surface area contributed by atoms with E-state index in [1.807, 2.05) is 44.2 Å². The standard InChI is InChI=1S/C20H29N3O4/c1-13-8-9-18(20(22)19(13)21)26-12-15(24)11-23-10-14(2)27-17-7-5-4-6-16(17)25-3/h4-9,14-15,23-24H,10-12,21-22H2,1-3H3. The lowest BCUT2D eigenvalue weighted by Crippen LogP contribution is -2.36. The van der Waals surface area contributed by atoms with Gasteiger partial charge in [0.25, 0.3) is 0 Å². The number of hydrogen-bond donors (Lipinski definition) is 4. The molecular weight excluding hydrogens is 346 g/mol. The first-order valence-electron chi connectivity index (χ1n) is 8.88. The molecule has 2 rings (SSSR count). The predicted octanol–water partition coefficient (Wildman–Crippen LogP) is 1.96. The number of methoxy groups -OCH3 is 1. The summed E-state index contributed by atoms with van der Waals surface area (Å²) >= 11 is 0. The number of aliphatic hydroxyl groups is 1. The van der Waals surface area contributed by atoms with E-state index in [-0.39, 0.29) is 12.7 Å². The molecule has 2 aromatic carbocycles. The first-order chi connectivity index (χ1) is 12.9. The van der Waals surface area contributed by atoms with Crippen LogP contribution in [0.1, 0.15) is 12.5 Å². The predicted molar refractivity (Wildman–Crippen MR) is 107 cm³/mol. The smallest absolute Gasteiger partial charge is 0.161 e. The van der Waals surface area contributed by atoms with Gasteiger partial charge in [0, 0.05) is 13.1 Å². The summed E-state index contributed by atoms with van der Waals surface area (Å²) in [6.07, 6.45) is -0.785. The van der Waals surface area contributed by atoms with Crippen molar-refractivity contribution >= 4 is 11.4 Å². The topological polar surface area (TPSA) is 112 Å². The molecule has 0 saturated heterocycles. The van der Waals surface area contributed by atoms with Gasteiger partial charge in [0.2, 0.25) is 0 Å². The molecule has 7 heteroatoms. The van der Waals surface area contributed by atoms with Gasteiger partial charge in [-0.15, -0.1) is 0 Å². The fourth-order valence-electron chi connectivity index (χ4n) is 2.52. The maximum Gasteiger partial charge on any atom is 0.161 e. The Morgan fingerprint density at radius 2 is 1.70 bits per heavy atom. The Balaban J connectivity index is 1.73. The van der Waals surface area contributed by atoms with Crippen molar-refractivity contribution in [3.05, 3.63) is 42.0 Å². The van der Waals surface area contributed by atoms with Gasteiger partial charge in [-0.25, -0.2) is 0 Å². The highest BCUT2D eigenvalue weighted by Gasteiger charge is 2.12. The zero-order chi connectivity index (χ0) is 19.8. The lowest BCUT2D eigenvalue weighted by atomic mass is 10.1. The Morgan fingerprint density at radius 3 is 2.41 bits per heavy atom. The molecule has 0 aliphatic carbocycles. The van der Waals surface area contributed by atoms with Crippen molar-refractivity contribution in [2.45, 2.75) is 26.1 Å². The van der Waals surface area contributed by atoms with Crippen LogP contribution in [0.25, 0.3) is 0 Å². The summed E-state index contributed by atoms with van der Waals surface area (Å²) in [4.78, 5) is 0. The van der Waals surface area contributed by atoms with E-state index in [0.29, 0.717) is 41.7 Å². The molecule has 0 aliphatic rings. The highest BCUT2D eigenvalue weighted by Crippen LogP contribution is 2.30. The van der Waals surface area contributed by atoms with Gasteiger partial charge in [-0.2, -0.15) is 0 Å². The summed E-state index contributed by atoms with van der Waals surface area (Å²) in [6.45, 7) is 4.86. The Kier molecular flexibility index (Phi) is 7.57. The molecule has 2 aromatic rings. The van der Waals surface area contributed by atoms with E-state index < -0.39 is 6.10 Å². The van der Waals surface area contributed by atoms with Gasteiger partial charge in [-0.3, -0.25) is 0 Å². The largest absolute Gasteiger partial charge is 0.493 e. The minimum absolute atomic E-state index is 0.0954. The van der Waals surface area contributed by atoms with E-state index >= 15 is 0 Å². The molecule has 2 unspecified atom stereocenters. The number of benzene rings is 2. The zero-order valence-corrected chi connectivity index (χ0v) is 16.1. The van der Waals surface area contributed by atoms with Crippen LogP contribution in [0, 0.1) is 6.92 Å². The van der Waals surface area contributed by atoms with E-state index in [1.54, 1.807) is 13.2 Å². The van der Waals surface area contributed by atoms with Crippen LogP contribution in [-0.4, -0.2) is 44.1 Å². The molecule has 2 atom stereocenters. The van der Waals surface area contributed by atoms with Crippen molar-refractivity contribution in [1.82, 2.24) is 5.32 Å². The number of aliphatic hydroxyl groups excluding tert-OH is 1. The summed E-state index contributed by atoms with van der Waals surface area (Å²) in [7, 11) is 1.61. The van der Waals surface area contributed by atoms with Crippen LogP contribution in [0.4, 0.5) is 11.4 Å². The van der Waals surface area contributed by atoms with Crippen molar-refractivity contribution in [3.63, 3.8) is 0 Å². The molecule has 0 saturated carbocycles. The lowest BCUT2D eigenvalue weighted by Gasteiger charge is -2.19. The summed E-state index contributed by atoms with van der Waals surface area (Å²) in [5, 5.41) is 13.3. The van der Waals surface area contributed by atoms with Crippen molar-refractivity contribution in [3.8, 4) is 17.2 Å². The SMILES string of the molecule is COc1ccccc1OC(C)CNCC(O)COc1ccc(C)c(N)c1N. The quantitative estimate of drug-likeness (QED) is 0.470. The molecule has 0 amide bonds. The molecular formula is C20H29N3O4. The molecule has 27 heavy (non-hydrogen) atoms. The van der Waals surface area contributed by atoms with Crippen LogP contribution < -0.4 is 31.0 Å². The van der Waals surface area contributed by atoms with Crippen LogP contribution in [0.2, 0.25) is 0 Å². The highest BCUT2D eigenvalue weighted by atomic mass is 16.5. The number of rotatable bonds is 10. The molecule has 0 radical (unpaired) electrons. The number of para-hydroxylation sites is 2. The minimum atomic E-state index is -0.689. The first-order valence-corrected chi connectivity index (χ1v) is 8.88. The van der Waals surface area contributed by atoms with Gasteiger partial charge in [-0.1, -0.05) is 18.2 Å². The molecule has 0 fully saturated rings. The molecule has 0 spiro atoms. The fraction of sp³-hybridized carbons (Fsp3) is 0.400. The number of nitrogen functional groups attached to an aromatic ring is 2. The molecule has 0 aliphatic heterocycles. The van der Waals surface area contributed by atoms with Gasteiger partial charge < -0.3 is 36.1 Å². The monoisotopic (exact) mass is 375 g/mol. The Morgan fingerprint density at radius 1 is 1.00 bits per heavy atom. The number of nitrogens with two attached hydrogens (primary N) is 2. The van der Waals surface area contributed by atoms with E-state index in [4.69, 9.17) is 25.7 Å². The van der Waals surface area contributed by atoms with Crippen LogP contribution in [0.15, 0.2) is 36.4 Å². The lowest BCUT2D eigenvalue weighted by molar-refractivity contribution is 0.103. The second-order valence-corrected chi connectivity index (χ2v) is 6.41. The third-order valence-electron chi connectivity index (χ3n) is 4.11. The van der Waals surface area contributed by atoms with Gasteiger partial charge in [-0.05, 0) is 37.6 Å². The number of ether oxygens (including phenoxy) is 3. The van der Waals surface area contributed by atoms with Crippen LogP contribution in [-0.2, 0) is 0 Å². The fourth-order valence-corrected chi connectivity index (χ4v) is 2.52. The number of nitrogens with one attached hydrogen (secondary N) is 1. The second kappa shape index (κ2) is 9.89. The van der Waals surface area contributed by atoms with E-state index in [2.05, 4.69) is 5.32 Å². The summed E-state index contributed by atoms with van der Waals surface area (Å²) in [5.41, 5.74) is 13.6. The van der Waals surface area contributed by atoms with Crippen LogP contribution >= 0.6 is 0 Å². The van der Waals surface area contributed by atoms with Crippen molar-refractivity contribution in [2.24, 2.45) is 0 Å². The van der Waals surface area contributed by atoms with Crippen LogP contribution in [0.3, 0.4) is 0 Å². The number of aryl methyl sites for hydroxylation is 1. The normalized spacial score (nSPS) is 13.0. The maximum absolute atomic E-state index is 10.1. The molecule has 0 aromatic heterocycles. The van der Waals surface area contributed by atoms with Gasteiger partial charge in [0.05, 0.1) is 18.5 Å². The van der Waals surface area contributed by atoms with Crippen molar-refractivity contribution < 1.29 is 19.3 Å². The third kappa shape index (κ3) is 5.94. The van der Waals surface area contributed by atoms with E-state index in [1.165, 1.54) is 0 Å². The van der Waals surface area contributed by atoms with Crippen molar-refractivity contribution in [2.75, 3.05) is 38.3 Å². The van der Waals surface area contributed by atoms with Crippen LogP contribution in [0.5, 0.6) is 17.2 Å². The third-order valence-corrected chi connectivity index (χ3v) is 4.11. The van der Waals surface area contributed by atoms with Gasteiger partial charge in [0.1, 0.15) is 24.6 Å². The molecule has 0 bridgehead atoms. The average Bonchev–Trinajstić information content (AvgIpc) is 2.66. The molecule has 6 N–H and O–H groups in total. The summed E-state index contributed by atoms with van der Waals surface area (Å²) in [6, 6.07) is 11.1. The average molecular weight is 375 g/mol. The van der Waals surface area contributed by atoms with Gasteiger partial charge in [0.15, 0.2) is 11.5 Å².